The van der Waals surface area contributed by atoms with Crippen LogP contribution in [0, 0.1) is 5.92 Å². The van der Waals surface area contributed by atoms with Gasteiger partial charge in [0.1, 0.15) is 5.82 Å². The molecule has 1 saturated heterocycles. The van der Waals surface area contributed by atoms with Crippen LogP contribution in [0.5, 0.6) is 0 Å². The minimum absolute atomic E-state index is 0.268. The minimum atomic E-state index is -0.416. The molecule has 0 saturated carbocycles. The van der Waals surface area contributed by atoms with Crippen LogP contribution in [0.1, 0.15) is 43.7 Å². The van der Waals surface area contributed by atoms with Crippen LogP contribution in [0.25, 0.3) is 11.4 Å². The standard InChI is InChI=1S/C25H26BrN3O/c1-18-5-4-15-28(17-18)23(30)12-13-25(19-8-10-20(26)11-9-19)22-7-3-2-6-21(22)24-27-14-16-29(24)25/h2-3,6-11,14,16,18H,4-5,12-13,15,17H2,1H3. The first kappa shape index (κ1) is 19.6. The average molecular weight is 464 g/mol. The number of piperidine rings is 1. The van der Waals surface area contributed by atoms with Crippen LogP contribution in [0.3, 0.4) is 0 Å². The predicted octanol–water partition coefficient (Wildman–Crippen LogP) is 5.46. The fourth-order valence-corrected chi connectivity index (χ4v) is 5.53. The molecular weight excluding hydrogens is 438 g/mol. The van der Waals surface area contributed by atoms with Gasteiger partial charge in [0, 0.05) is 41.9 Å². The molecule has 3 aromatic rings. The molecule has 154 valence electrons. The average Bonchev–Trinajstić information content (AvgIpc) is 3.34. The number of hydrogen-bond acceptors (Lipinski definition) is 2. The molecule has 2 atom stereocenters. The lowest BCUT2D eigenvalue weighted by Gasteiger charge is -2.35. The first-order valence-corrected chi connectivity index (χ1v) is 11.6. The summed E-state index contributed by atoms with van der Waals surface area (Å²) in [5.74, 6) is 1.84. The summed E-state index contributed by atoms with van der Waals surface area (Å²) in [7, 11) is 0. The molecule has 0 radical (unpaired) electrons. The van der Waals surface area contributed by atoms with Gasteiger partial charge < -0.3 is 9.47 Å². The first-order chi connectivity index (χ1) is 14.6. The summed E-state index contributed by atoms with van der Waals surface area (Å²) < 4.78 is 3.32. The van der Waals surface area contributed by atoms with E-state index >= 15 is 0 Å². The van der Waals surface area contributed by atoms with E-state index in [0.717, 1.165) is 41.8 Å². The van der Waals surface area contributed by atoms with Crippen LogP contribution >= 0.6 is 15.9 Å². The van der Waals surface area contributed by atoms with Crippen molar-refractivity contribution in [1.82, 2.24) is 14.5 Å². The van der Waals surface area contributed by atoms with Gasteiger partial charge in [-0.25, -0.2) is 4.98 Å². The van der Waals surface area contributed by atoms with Gasteiger partial charge in [0.2, 0.25) is 5.91 Å². The third-order valence-electron chi connectivity index (χ3n) is 6.70. The van der Waals surface area contributed by atoms with Crippen LogP contribution in [0.4, 0.5) is 0 Å². The summed E-state index contributed by atoms with van der Waals surface area (Å²) in [5, 5.41) is 0. The Bertz CT molecular complexity index is 1070. The van der Waals surface area contributed by atoms with Crippen molar-refractivity contribution in [3.8, 4) is 11.4 Å². The number of fused-ring (bicyclic) bond motifs is 3. The molecule has 1 fully saturated rings. The molecule has 3 heterocycles. The van der Waals surface area contributed by atoms with Gasteiger partial charge in [0.05, 0.1) is 5.54 Å². The molecule has 30 heavy (non-hydrogen) atoms. The molecule has 4 nitrogen and oxygen atoms in total. The normalized spacial score (nSPS) is 22.6. The van der Waals surface area contributed by atoms with E-state index < -0.39 is 5.54 Å². The number of likely N-dealkylation sites (tertiary alicyclic amines) is 1. The lowest BCUT2D eigenvalue weighted by atomic mass is 9.79. The molecule has 2 unspecified atom stereocenters. The fraction of sp³-hybridized carbons (Fsp3) is 0.360. The second kappa shape index (κ2) is 7.69. The summed E-state index contributed by atoms with van der Waals surface area (Å²) in [4.78, 5) is 19.9. The Morgan fingerprint density at radius 1 is 1.20 bits per heavy atom. The predicted molar refractivity (Wildman–Crippen MR) is 122 cm³/mol. The van der Waals surface area contributed by atoms with Gasteiger partial charge in [-0.05, 0) is 48.4 Å². The largest absolute Gasteiger partial charge is 0.342 e. The van der Waals surface area contributed by atoms with Crippen LogP contribution in [-0.4, -0.2) is 33.4 Å². The number of halogens is 1. The Morgan fingerprint density at radius 3 is 2.80 bits per heavy atom. The lowest BCUT2D eigenvalue weighted by Crippen LogP contribution is -2.41. The topological polar surface area (TPSA) is 38.1 Å². The maximum Gasteiger partial charge on any atom is 0.222 e. The van der Waals surface area contributed by atoms with Gasteiger partial charge in [-0.1, -0.05) is 59.3 Å². The Morgan fingerprint density at radius 2 is 2.00 bits per heavy atom. The van der Waals surface area contributed by atoms with Crippen molar-refractivity contribution < 1.29 is 4.79 Å². The Labute approximate surface area is 186 Å². The monoisotopic (exact) mass is 463 g/mol. The van der Waals surface area contributed by atoms with Gasteiger partial charge in [-0.2, -0.15) is 0 Å². The molecule has 2 aromatic carbocycles. The molecule has 0 spiro atoms. The fourth-order valence-electron chi connectivity index (χ4n) is 5.26. The smallest absolute Gasteiger partial charge is 0.222 e. The Kier molecular flexibility index (Phi) is 5.02. The van der Waals surface area contributed by atoms with Crippen molar-refractivity contribution >= 4 is 21.8 Å². The summed E-state index contributed by atoms with van der Waals surface area (Å²) in [6.45, 7) is 4.02. The van der Waals surface area contributed by atoms with E-state index in [1.54, 1.807) is 0 Å². The lowest BCUT2D eigenvalue weighted by molar-refractivity contribution is -0.133. The second-order valence-corrected chi connectivity index (χ2v) is 9.54. The molecule has 1 amide bonds. The Hall–Kier alpha value is -2.40. The highest BCUT2D eigenvalue weighted by atomic mass is 79.9. The first-order valence-electron chi connectivity index (χ1n) is 10.8. The van der Waals surface area contributed by atoms with Gasteiger partial charge in [-0.15, -0.1) is 0 Å². The molecule has 5 heteroatoms. The highest BCUT2D eigenvalue weighted by Gasteiger charge is 2.45. The summed E-state index contributed by atoms with van der Waals surface area (Å²) >= 11 is 3.57. The molecule has 2 aliphatic rings. The number of carbonyl (C=O) groups excluding carboxylic acids is 1. The zero-order valence-corrected chi connectivity index (χ0v) is 18.8. The van der Waals surface area contributed by atoms with E-state index in [4.69, 9.17) is 0 Å². The highest BCUT2D eigenvalue weighted by molar-refractivity contribution is 9.10. The number of benzene rings is 2. The van der Waals surface area contributed by atoms with E-state index in [0.29, 0.717) is 12.3 Å². The zero-order chi connectivity index (χ0) is 20.7. The van der Waals surface area contributed by atoms with E-state index in [2.05, 4.69) is 92.0 Å². The van der Waals surface area contributed by atoms with Crippen LogP contribution in [0.2, 0.25) is 0 Å². The quantitative estimate of drug-likeness (QED) is 0.515. The molecule has 0 N–H and O–H groups in total. The number of hydrogen-bond donors (Lipinski definition) is 0. The number of carbonyl (C=O) groups is 1. The Balaban J connectivity index is 1.56. The number of imidazole rings is 1. The third-order valence-corrected chi connectivity index (χ3v) is 7.23. The highest BCUT2D eigenvalue weighted by Crippen LogP contribution is 2.49. The molecule has 1 aromatic heterocycles. The van der Waals surface area contributed by atoms with E-state index in [1.165, 1.54) is 17.5 Å². The van der Waals surface area contributed by atoms with Crippen molar-refractivity contribution in [3.63, 3.8) is 0 Å². The van der Waals surface area contributed by atoms with Crippen molar-refractivity contribution in [3.05, 3.63) is 76.5 Å². The van der Waals surface area contributed by atoms with Crippen molar-refractivity contribution in [2.45, 2.75) is 38.1 Å². The van der Waals surface area contributed by atoms with Gasteiger partial charge in [0.15, 0.2) is 0 Å². The summed E-state index contributed by atoms with van der Waals surface area (Å²) in [6.07, 6.45) is 7.50. The van der Waals surface area contributed by atoms with Crippen LogP contribution in [-0.2, 0) is 10.3 Å². The van der Waals surface area contributed by atoms with Gasteiger partial charge in [0.25, 0.3) is 0 Å². The molecule has 0 aliphatic carbocycles. The summed E-state index contributed by atoms with van der Waals surface area (Å²) in [5.41, 5.74) is 3.16. The summed E-state index contributed by atoms with van der Waals surface area (Å²) in [6, 6.07) is 17.0. The zero-order valence-electron chi connectivity index (χ0n) is 17.2. The van der Waals surface area contributed by atoms with Crippen LogP contribution in [0.15, 0.2) is 65.4 Å². The number of nitrogens with zero attached hydrogens (tertiary/aromatic N) is 3. The van der Waals surface area contributed by atoms with Crippen molar-refractivity contribution in [2.24, 2.45) is 5.92 Å². The molecule has 5 rings (SSSR count). The molecule has 0 bridgehead atoms. The van der Waals surface area contributed by atoms with Crippen LogP contribution < -0.4 is 0 Å². The maximum absolute atomic E-state index is 13.2. The minimum Gasteiger partial charge on any atom is -0.342 e. The van der Waals surface area contributed by atoms with Crippen molar-refractivity contribution in [1.29, 1.82) is 0 Å². The van der Waals surface area contributed by atoms with Gasteiger partial charge in [-0.3, -0.25) is 4.79 Å². The number of aromatic nitrogens is 2. The van der Waals surface area contributed by atoms with E-state index in [-0.39, 0.29) is 5.91 Å². The molecule has 2 aliphatic heterocycles. The third kappa shape index (κ3) is 3.11. The SMILES string of the molecule is CC1CCCN(C(=O)CCC2(c3ccc(Br)cc3)c3ccccc3-c3nccn32)C1. The van der Waals surface area contributed by atoms with Gasteiger partial charge >= 0.3 is 0 Å². The second-order valence-electron chi connectivity index (χ2n) is 8.62. The van der Waals surface area contributed by atoms with Crippen molar-refractivity contribution in [2.75, 3.05) is 13.1 Å². The number of amides is 1. The number of rotatable bonds is 4. The van der Waals surface area contributed by atoms with E-state index in [1.807, 2.05) is 6.20 Å². The maximum atomic E-state index is 13.2. The van der Waals surface area contributed by atoms with E-state index in [9.17, 15) is 4.79 Å². The molecular formula is C25H26BrN3O.